The van der Waals surface area contributed by atoms with Gasteiger partial charge in [0, 0.05) is 10.2 Å². The topological polar surface area (TPSA) is 48.7 Å². The van der Waals surface area contributed by atoms with Crippen LogP contribution in [0.3, 0.4) is 0 Å². The smallest absolute Gasteiger partial charge is 0.148 e. The highest BCUT2D eigenvalue weighted by atomic mass is 79.9. The van der Waals surface area contributed by atoms with Crippen molar-refractivity contribution in [1.82, 2.24) is 4.98 Å². The van der Waals surface area contributed by atoms with E-state index in [2.05, 4.69) is 32.3 Å². The lowest BCUT2D eigenvalue weighted by molar-refractivity contribution is 0.668. The van der Waals surface area contributed by atoms with Gasteiger partial charge in [0.15, 0.2) is 0 Å². The summed E-state index contributed by atoms with van der Waals surface area (Å²) in [5, 5.41) is 13.1. The molecule has 0 radical (unpaired) electrons. The maximum Gasteiger partial charge on any atom is 0.148 e. The zero-order valence-electron chi connectivity index (χ0n) is 11.3. The van der Waals surface area contributed by atoms with Crippen LogP contribution in [0.25, 0.3) is 0 Å². The van der Waals surface area contributed by atoms with E-state index in [0.29, 0.717) is 16.4 Å². The quantitative estimate of drug-likeness (QED) is 0.818. The van der Waals surface area contributed by atoms with Crippen molar-refractivity contribution in [3.05, 3.63) is 50.6 Å². The lowest BCUT2D eigenvalue weighted by Gasteiger charge is -2.17. The molecule has 0 atom stereocenters. The van der Waals surface area contributed by atoms with Gasteiger partial charge in [-0.25, -0.2) is 4.98 Å². The number of nitrogens with one attached hydrogen (secondary N) is 1. The highest BCUT2D eigenvalue weighted by Crippen LogP contribution is 2.30. The molecular weight excluding hydrogens is 350 g/mol. The molecule has 0 bridgehead atoms. The SMILES string of the molecule is N#Cc1cc2c(nc1Nc1ccc(Br)cc1Cl)CCCC2. The van der Waals surface area contributed by atoms with Gasteiger partial charge >= 0.3 is 0 Å². The molecule has 0 fully saturated rings. The summed E-state index contributed by atoms with van der Waals surface area (Å²) in [7, 11) is 0. The van der Waals surface area contributed by atoms with Crippen LogP contribution in [-0.4, -0.2) is 4.98 Å². The molecule has 21 heavy (non-hydrogen) atoms. The third-order valence-electron chi connectivity index (χ3n) is 3.61. The van der Waals surface area contributed by atoms with Crippen LogP contribution in [0, 0.1) is 11.3 Å². The number of aryl methyl sites for hydroxylation is 2. The largest absolute Gasteiger partial charge is 0.338 e. The second-order valence-corrected chi connectivity index (χ2v) is 6.38. The molecule has 1 aromatic carbocycles. The van der Waals surface area contributed by atoms with Crippen molar-refractivity contribution in [1.29, 1.82) is 5.26 Å². The Morgan fingerprint density at radius 1 is 1.24 bits per heavy atom. The molecule has 5 heteroatoms. The molecule has 1 aliphatic rings. The second kappa shape index (κ2) is 6.05. The Kier molecular flexibility index (Phi) is 4.14. The predicted molar refractivity (Wildman–Crippen MR) is 88.0 cm³/mol. The zero-order valence-corrected chi connectivity index (χ0v) is 13.6. The molecule has 0 saturated heterocycles. The Morgan fingerprint density at radius 3 is 2.81 bits per heavy atom. The summed E-state index contributed by atoms with van der Waals surface area (Å²) in [6.07, 6.45) is 4.31. The fourth-order valence-electron chi connectivity index (χ4n) is 2.53. The minimum absolute atomic E-state index is 0.564. The molecule has 0 unspecified atom stereocenters. The molecule has 2 aromatic rings. The van der Waals surface area contributed by atoms with Crippen molar-refractivity contribution in [3.63, 3.8) is 0 Å². The third-order valence-corrected chi connectivity index (χ3v) is 4.41. The standard InChI is InChI=1S/C16H13BrClN3/c17-12-5-6-15(13(18)8-12)21-16-11(9-19)7-10-3-1-2-4-14(10)20-16/h5-8H,1-4H2,(H,20,21). The predicted octanol–water partition coefficient (Wildman–Crippen LogP) is 4.99. The number of halogens is 2. The molecule has 0 amide bonds. The molecule has 3 rings (SSSR count). The number of rotatable bonds is 2. The van der Waals surface area contributed by atoms with Crippen molar-refractivity contribution in [2.24, 2.45) is 0 Å². The van der Waals surface area contributed by atoms with Gasteiger partial charge in [0.05, 0.1) is 16.3 Å². The van der Waals surface area contributed by atoms with Crippen LogP contribution < -0.4 is 5.32 Å². The Morgan fingerprint density at radius 2 is 2.05 bits per heavy atom. The third kappa shape index (κ3) is 3.04. The number of hydrogen-bond acceptors (Lipinski definition) is 3. The number of pyridine rings is 1. The molecule has 1 N–H and O–H groups in total. The van der Waals surface area contributed by atoms with Gasteiger partial charge < -0.3 is 5.32 Å². The molecule has 106 valence electrons. The van der Waals surface area contributed by atoms with Crippen LogP contribution in [0.2, 0.25) is 5.02 Å². The fourth-order valence-corrected chi connectivity index (χ4v) is 3.25. The first-order valence-electron chi connectivity index (χ1n) is 6.82. The number of nitriles is 1. The summed E-state index contributed by atoms with van der Waals surface area (Å²) < 4.78 is 0.914. The summed E-state index contributed by atoms with van der Waals surface area (Å²) in [4.78, 5) is 4.64. The summed E-state index contributed by atoms with van der Waals surface area (Å²) >= 11 is 9.59. The van der Waals surface area contributed by atoms with E-state index in [4.69, 9.17) is 11.6 Å². The maximum atomic E-state index is 9.34. The minimum atomic E-state index is 0.564. The van der Waals surface area contributed by atoms with Gasteiger partial charge in [-0.1, -0.05) is 27.5 Å². The number of nitrogens with zero attached hydrogens (tertiary/aromatic N) is 2. The molecule has 0 spiro atoms. The maximum absolute atomic E-state index is 9.34. The zero-order chi connectivity index (χ0) is 14.8. The van der Waals surface area contributed by atoms with Gasteiger partial charge in [0.2, 0.25) is 0 Å². The number of anilines is 2. The van der Waals surface area contributed by atoms with Crippen LogP contribution in [0.5, 0.6) is 0 Å². The van der Waals surface area contributed by atoms with E-state index in [1.54, 1.807) is 0 Å². The van der Waals surface area contributed by atoms with Crippen LogP contribution in [0.4, 0.5) is 11.5 Å². The van der Waals surface area contributed by atoms with E-state index in [1.807, 2.05) is 24.3 Å². The molecular formula is C16H13BrClN3. The highest BCUT2D eigenvalue weighted by Gasteiger charge is 2.15. The van der Waals surface area contributed by atoms with Crippen LogP contribution >= 0.6 is 27.5 Å². The van der Waals surface area contributed by atoms with Gasteiger partial charge in [-0.15, -0.1) is 0 Å². The summed E-state index contributed by atoms with van der Waals surface area (Å²) in [5.41, 5.74) is 3.61. The van der Waals surface area contributed by atoms with Crippen molar-refractivity contribution in [2.45, 2.75) is 25.7 Å². The number of aromatic nitrogens is 1. The van der Waals surface area contributed by atoms with Gasteiger partial charge in [-0.05, 0) is 55.5 Å². The van der Waals surface area contributed by atoms with Crippen LogP contribution in [-0.2, 0) is 12.8 Å². The van der Waals surface area contributed by atoms with E-state index in [-0.39, 0.29) is 0 Å². The molecule has 1 aliphatic carbocycles. The molecule has 1 heterocycles. The fraction of sp³-hybridized carbons (Fsp3) is 0.250. The average Bonchev–Trinajstić information content (AvgIpc) is 2.49. The van der Waals surface area contributed by atoms with Crippen molar-refractivity contribution in [3.8, 4) is 6.07 Å². The Bertz CT molecular complexity index is 737. The van der Waals surface area contributed by atoms with E-state index >= 15 is 0 Å². The van der Waals surface area contributed by atoms with Crippen LogP contribution in [0.15, 0.2) is 28.7 Å². The highest BCUT2D eigenvalue weighted by molar-refractivity contribution is 9.10. The average molecular weight is 363 g/mol. The van der Waals surface area contributed by atoms with Gasteiger partial charge in [0.25, 0.3) is 0 Å². The summed E-state index contributed by atoms with van der Waals surface area (Å²) in [6, 6.07) is 9.76. The first-order chi connectivity index (χ1) is 10.2. The normalized spacial score (nSPS) is 13.4. The minimum Gasteiger partial charge on any atom is -0.338 e. The number of benzene rings is 1. The van der Waals surface area contributed by atoms with Crippen molar-refractivity contribution in [2.75, 3.05) is 5.32 Å². The Balaban J connectivity index is 1.99. The molecule has 0 saturated carbocycles. The van der Waals surface area contributed by atoms with Gasteiger partial charge in [-0.2, -0.15) is 5.26 Å². The van der Waals surface area contributed by atoms with E-state index < -0.39 is 0 Å². The van der Waals surface area contributed by atoms with Gasteiger partial charge in [0.1, 0.15) is 11.9 Å². The first kappa shape index (κ1) is 14.4. The molecule has 0 aliphatic heterocycles. The lowest BCUT2D eigenvalue weighted by Crippen LogP contribution is -2.09. The monoisotopic (exact) mass is 361 g/mol. The van der Waals surface area contributed by atoms with E-state index in [0.717, 1.165) is 35.1 Å². The van der Waals surface area contributed by atoms with Crippen molar-refractivity contribution < 1.29 is 0 Å². The number of hydrogen-bond donors (Lipinski definition) is 1. The van der Waals surface area contributed by atoms with E-state index in [1.165, 1.54) is 12.0 Å². The number of fused-ring (bicyclic) bond motifs is 1. The summed E-state index contributed by atoms with van der Waals surface area (Å²) in [6.45, 7) is 0. The Labute approximate surface area is 137 Å². The second-order valence-electron chi connectivity index (χ2n) is 5.06. The van der Waals surface area contributed by atoms with E-state index in [9.17, 15) is 5.26 Å². The molecule has 1 aromatic heterocycles. The summed E-state index contributed by atoms with van der Waals surface area (Å²) in [5.74, 6) is 0.586. The molecule has 3 nitrogen and oxygen atoms in total. The van der Waals surface area contributed by atoms with Crippen LogP contribution in [0.1, 0.15) is 29.7 Å². The van der Waals surface area contributed by atoms with Gasteiger partial charge in [-0.3, -0.25) is 0 Å². The lowest BCUT2D eigenvalue weighted by atomic mass is 9.95. The van der Waals surface area contributed by atoms with Crippen molar-refractivity contribution >= 4 is 39.0 Å². The first-order valence-corrected chi connectivity index (χ1v) is 7.99. The Hall–Kier alpha value is -1.57.